The molecule has 0 aromatic heterocycles. The Hall–Kier alpha value is -0.860. The van der Waals surface area contributed by atoms with Crippen molar-refractivity contribution in [3.05, 3.63) is 34.9 Å². The molecule has 3 rings (SSSR count). The van der Waals surface area contributed by atoms with Crippen LogP contribution in [0, 0.1) is 6.92 Å². The molecule has 19 heavy (non-hydrogen) atoms. The first-order chi connectivity index (χ1) is 9.26. The highest BCUT2D eigenvalue weighted by atomic mass is 15.2. The molecule has 1 aliphatic heterocycles. The quantitative estimate of drug-likeness (QED) is 0.883. The van der Waals surface area contributed by atoms with Crippen LogP contribution >= 0.6 is 0 Å². The molecule has 2 N–H and O–H groups in total. The highest BCUT2D eigenvalue weighted by Crippen LogP contribution is 2.41. The molecule has 1 aromatic rings. The highest BCUT2D eigenvalue weighted by Gasteiger charge is 2.40. The summed E-state index contributed by atoms with van der Waals surface area (Å²) in [7, 11) is 0. The molecule has 2 nitrogen and oxygen atoms in total. The minimum atomic E-state index is 0.127. The van der Waals surface area contributed by atoms with Gasteiger partial charge in [0.15, 0.2) is 0 Å². The Morgan fingerprint density at radius 3 is 2.68 bits per heavy atom. The van der Waals surface area contributed by atoms with Crippen LogP contribution in [0.1, 0.15) is 48.8 Å². The van der Waals surface area contributed by atoms with Crippen LogP contribution in [-0.2, 0) is 12.0 Å². The van der Waals surface area contributed by atoms with E-state index in [1.807, 2.05) is 0 Å². The number of fused-ring (bicyclic) bond motifs is 1. The lowest BCUT2D eigenvalue weighted by Gasteiger charge is -2.48. The van der Waals surface area contributed by atoms with E-state index < -0.39 is 0 Å². The number of aryl methyl sites for hydroxylation is 2. The Labute approximate surface area is 117 Å². The fraction of sp³-hybridized carbons (Fsp3) is 0.647. The SMILES string of the molecule is Cc1ccc2c(c1)CCCC2(CN)N1CCCCC1. The van der Waals surface area contributed by atoms with E-state index in [-0.39, 0.29) is 5.54 Å². The van der Waals surface area contributed by atoms with Gasteiger partial charge in [0.2, 0.25) is 0 Å². The Balaban J connectivity index is 2.02. The first kappa shape index (κ1) is 13.1. The van der Waals surface area contributed by atoms with Gasteiger partial charge in [0.05, 0.1) is 5.54 Å². The Morgan fingerprint density at radius 1 is 1.16 bits per heavy atom. The number of likely N-dealkylation sites (tertiary alicyclic amines) is 1. The number of hydrogen-bond donors (Lipinski definition) is 1. The normalized spacial score (nSPS) is 28.1. The number of benzene rings is 1. The summed E-state index contributed by atoms with van der Waals surface area (Å²) in [6.45, 7) is 5.41. The van der Waals surface area contributed by atoms with E-state index >= 15 is 0 Å². The second kappa shape index (κ2) is 5.26. The zero-order valence-electron chi connectivity index (χ0n) is 12.1. The van der Waals surface area contributed by atoms with Crippen LogP contribution in [0.4, 0.5) is 0 Å². The minimum absolute atomic E-state index is 0.127. The summed E-state index contributed by atoms with van der Waals surface area (Å²) in [5.74, 6) is 0. The van der Waals surface area contributed by atoms with Gasteiger partial charge in [-0.15, -0.1) is 0 Å². The van der Waals surface area contributed by atoms with Gasteiger partial charge in [0, 0.05) is 6.54 Å². The summed E-state index contributed by atoms with van der Waals surface area (Å²) in [4.78, 5) is 2.68. The molecule has 1 fully saturated rings. The van der Waals surface area contributed by atoms with Crippen LogP contribution in [0.3, 0.4) is 0 Å². The summed E-state index contributed by atoms with van der Waals surface area (Å²) in [6.07, 6.45) is 7.81. The fourth-order valence-corrected chi connectivity index (χ4v) is 4.08. The molecule has 104 valence electrons. The molecule has 1 saturated heterocycles. The van der Waals surface area contributed by atoms with E-state index in [1.165, 1.54) is 62.7 Å². The van der Waals surface area contributed by atoms with Crippen LogP contribution in [0.2, 0.25) is 0 Å². The maximum atomic E-state index is 6.28. The first-order valence-electron chi connectivity index (χ1n) is 7.81. The minimum Gasteiger partial charge on any atom is -0.328 e. The Kier molecular flexibility index (Phi) is 3.64. The van der Waals surface area contributed by atoms with Crippen molar-refractivity contribution in [3.8, 4) is 0 Å². The molecule has 2 heteroatoms. The molecule has 0 spiro atoms. The number of hydrogen-bond acceptors (Lipinski definition) is 2. The number of piperidine rings is 1. The standard InChI is InChI=1S/C17H26N2/c1-14-7-8-16-15(12-14)6-5-9-17(16,13-18)19-10-3-2-4-11-19/h7-8,12H,2-6,9-11,13,18H2,1H3. The molecule has 0 saturated carbocycles. The predicted molar refractivity (Wildman–Crippen MR) is 80.3 cm³/mol. The molecule has 1 heterocycles. The lowest BCUT2D eigenvalue weighted by Crippen LogP contribution is -2.54. The average Bonchev–Trinajstić information content (AvgIpc) is 2.47. The molecule has 0 amide bonds. The van der Waals surface area contributed by atoms with Gasteiger partial charge in [-0.05, 0) is 63.2 Å². The molecular weight excluding hydrogens is 232 g/mol. The van der Waals surface area contributed by atoms with Crippen LogP contribution in [-0.4, -0.2) is 24.5 Å². The molecule has 1 atom stereocenters. The van der Waals surface area contributed by atoms with Crippen molar-refractivity contribution in [2.75, 3.05) is 19.6 Å². The summed E-state index contributed by atoms with van der Waals surface area (Å²) < 4.78 is 0. The van der Waals surface area contributed by atoms with Crippen molar-refractivity contribution >= 4 is 0 Å². The van der Waals surface area contributed by atoms with Gasteiger partial charge in [0.1, 0.15) is 0 Å². The van der Waals surface area contributed by atoms with E-state index in [0.717, 1.165) is 6.54 Å². The Morgan fingerprint density at radius 2 is 1.95 bits per heavy atom. The van der Waals surface area contributed by atoms with Crippen molar-refractivity contribution in [1.82, 2.24) is 4.90 Å². The third-order valence-electron chi connectivity index (χ3n) is 5.10. The van der Waals surface area contributed by atoms with E-state index in [4.69, 9.17) is 5.73 Å². The van der Waals surface area contributed by atoms with Crippen molar-refractivity contribution in [1.29, 1.82) is 0 Å². The summed E-state index contributed by atoms with van der Waals surface area (Å²) in [6, 6.07) is 6.99. The smallest absolute Gasteiger partial charge is 0.0586 e. The van der Waals surface area contributed by atoms with Gasteiger partial charge < -0.3 is 5.73 Å². The number of nitrogens with zero attached hydrogens (tertiary/aromatic N) is 1. The second-order valence-electron chi connectivity index (χ2n) is 6.30. The van der Waals surface area contributed by atoms with Crippen LogP contribution in [0.5, 0.6) is 0 Å². The maximum absolute atomic E-state index is 6.28. The zero-order chi connectivity index (χ0) is 13.3. The fourth-order valence-electron chi connectivity index (χ4n) is 4.08. The molecular formula is C17H26N2. The highest BCUT2D eigenvalue weighted by molar-refractivity contribution is 5.39. The molecule has 1 aliphatic carbocycles. The van der Waals surface area contributed by atoms with Gasteiger partial charge in [0.25, 0.3) is 0 Å². The van der Waals surface area contributed by atoms with E-state index in [0.29, 0.717) is 0 Å². The molecule has 1 aromatic carbocycles. The van der Waals surface area contributed by atoms with E-state index in [9.17, 15) is 0 Å². The van der Waals surface area contributed by atoms with E-state index in [2.05, 4.69) is 30.0 Å². The van der Waals surface area contributed by atoms with Crippen LogP contribution in [0.25, 0.3) is 0 Å². The monoisotopic (exact) mass is 258 g/mol. The predicted octanol–water partition coefficient (Wildman–Crippen LogP) is 2.97. The van der Waals surface area contributed by atoms with Crippen molar-refractivity contribution in [2.45, 2.75) is 51.0 Å². The molecule has 1 unspecified atom stereocenters. The average molecular weight is 258 g/mol. The summed E-state index contributed by atoms with van der Waals surface area (Å²) in [5, 5.41) is 0. The summed E-state index contributed by atoms with van der Waals surface area (Å²) >= 11 is 0. The van der Waals surface area contributed by atoms with Crippen LogP contribution < -0.4 is 5.73 Å². The van der Waals surface area contributed by atoms with Gasteiger partial charge in [-0.3, -0.25) is 4.90 Å². The van der Waals surface area contributed by atoms with Gasteiger partial charge in [-0.25, -0.2) is 0 Å². The van der Waals surface area contributed by atoms with Gasteiger partial charge >= 0.3 is 0 Å². The molecule has 0 radical (unpaired) electrons. The maximum Gasteiger partial charge on any atom is 0.0586 e. The van der Waals surface area contributed by atoms with Crippen LogP contribution in [0.15, 0.2) is 18.2 Å². The van der Waals surface area contributed by atoms with Crippen molar-refractivity contribution < 1.29 is 0 Å². The van der Waals surface area contributed by atoms with Gasteiger partial charge in [-0.1, -0.05) is 30.2 Å². The van der Waals surface area contributed by atoms with Crippen molar-refractivity contribution in [2.24, 2.45) is 5.73 Å². The van der Waals surface area contributed by atoms with Gasteiger partial charge in [-0.2, -0.15) is 0 Å². The third kappa shape index (κ3) is 2.21. The van der Waals surface area contributed by atoms with Crippen molar-refractivity contribution in [3.63, 3.8) is 0 Å². The largest absolute Gasteiger partial charge is 0.328 e. The van der Waals surface area contributed by atoms with E-state index in [1.54, 1.807) is 5.56 Å². The third-order valence-corrected chi connectivity index (χ3v) is 5.10. The topological polar surface area (TPSA) is 29.3 Å². The first-order valence-corrected chi connectivity index (χ1v) is 7.81. The lowest BCUT2D eigenvalue weighted by atomic mass is 9.74. The summed E-state index contributed by atoms with van der Waals surface area (Å²) in [5.41, 5.74) is 10.9. The Bertz CT molecular complexity index is 449. The lowest BCUT2D eigenvalue weighted by molar-refractivity contribution is 0.0546. The second-order valence-corrected chi connectivity index (χ2v) is 6.30. The number of nitrogens with two attached hydrogens (primary N) is 1. The number of rotatable bonds is 2. The molecule has 2 aliphatic rings. The molecule has 0 bridgehead atoms. The zero-order valence-corrected chi connectivity index (χ0v) is 12.1.